The Morgan fingerprint density at radius 2 is 2.24 bits per heavy atom. The van der Waals surface area contributed by atoms with E-state index in [1.807, 2.05) is 0 Å². The molecule has 0 fully saturated rings. The fraction of sp³-hybridized carbons (Fsp3) is 0.556. The van der Waals surface area contributed by atoms with E-state index in [1.165, 1.54) is 6.33 Å². The largest absolute Gasteiger partial charge is 0.481 e. The van der Waals surface area contributed by atoms with Crippen LogP contribution in [0.4, 0.5) is 0 Å². The van der Waals surface area contributed by atoms with Gasteiger partial charge in [0, 0.05) is 6.54 Å². The van der Waals surface area contributed by atoms with Gasteiger partial charge in [-0.05, 0) is 13.8 Å². The lowest BCUT2D eigenvalue weighted by atomic mass is 9.93. The second-order valence-corrected chi connectivity index (χ2v) is 5.11. The summed E-state index contributed by atoms with van der Waals surface area (Å²) in [4.78, 5) is 21.6. The van der Waals surface area contributed by atoms with Crippen molar-refractivity contribution < 1.29 is 14.7 Å². The van der Waals surface area contributed by atoms with E-state index in [0.29, 0.717) is 11.7 Å². The lowest BCUT2D eigenvalue weighted by Crippen LogP contribution is -2.35. The van der Waals surface area contributed by atoms with Gasteiger partial charge in [-0.1, -0.05) is 11.8 Å². The van der Waals surface area contributed by atoms with E-state index in [9.17, 15) is 9.59 Å². The number of carbonyl (C=O) groups is 2. The lowest BCUT2D eigenvalue weighted by molar-refractivity contribution is -0.134. The summed E-state index contributed by atoms with van der Waals surface area (Å²) in [6.45, 7) is 3.74. The van der Waals surface area contributed by atoms with Crippen LogP contribution in [0.25, 0.3) is 0 Å². The number of amides is 1. The predicted octanol–water partition coefficient (Wildman–Crippen LogP) is -0.0337. The number of aromatic nitrogens is 3. The molecular weight excluding hydrogens is 244 g/mol. The zero-order chi connectivity index (χ0) is 13.1. The zero-order valence-corrected chi connectivity index (χ0v) is 10.4. The Bertz CT molecular complexity index is 430. The van der Waals surface area contributed by atoms with Crippen molar-refractivity contribution in [2.45, 2.75) is 25.5 Å². The number of carboxylic acid groups (broad SMARTS) is 1. The topological polar surface area (TPSA) is 111 Å². The molecule has 0 unspecified atom stereocenters. The minimum Gasteiger partial charge on any atom is -0.481 e. The molecule has 0 saturated heterocycles. The molecule has 0 atom stereocenters. The Labute approximate surface area is 102 Å². The number of rotatable bonds is 6. The molecule has 1 heterocycles. The summed E-state index contributed by atoms with van der Waals surface area (Å²) in [5.41, 5.74) is 4.53. The normalized spacial score (nSPS) is 11.4. The van der Waals surface area contributed by atoms with Gasteiger partial charge in [0.2, 0.25) is 5.91 Å². The monoisotopic (exact) mass is 258 g/mol. The fourth-order valence-corrected chi connectivity index (χ4v) is 1.73. The highest BCUT2D eigenvalue weighted by molar-refractivity contribution is 7.99. The number of hydrogen-bond donors (Lipinski definition) is 2. The summed E-state index contributed by atoms with van der Waals surface area (Å²) in [5.74, 6) is -1.46. The van der Waals surface area contributed by atoms with Crippen LogP contribution in [0.3, 0.4) is 0 Å². The van der Waals surface area contributed by atoms with E-state index in [2.05, 4.69) is 10.2 Å². The molecule has 1 aromatic rings. The molecule has 0 radical (unpaired) electrons. The third-order valence-electron chi connectivity index (χ3n) is 2.14. The van der Waals surface area contributed by atoms with Crippen molar-refractivity contribution in [3.05, 3.63) is 6.33 Å². The molecular formula is C9H14N4O3S. The summed E-state index contributed by atoms with van der Waals surface area (Å²) in [6, 6.07) is 0. The van der Waals surface area contributed by atoms with Crippen LogP contribution in [0.2, 0.25) is 0 Å². The maximum atomic E-state index is 11.2. The molecule has 0 aliphatic rings. The van der Waals surface area contributed by atoms with Gasteiger partial charge in [-0.15, -0.1) is 10.2 Å². The average molecular weight is 258 g/mol. The molecule has 94 valence electrons. The van der Waals surface area contributed by atoms with Crippen LogP contribution in [0, 0.1) is 5.41 Å². The maximum absolute atomic E-state index is 11.2. The van der Waals surface area contributed by atoms with Crippen LogP contribution in [0.1, 0.15) is 13.8 Å². The first-order chi connectivity index (χ1) is 7.83. The van der Waals surface area contributed by atoms with Crippen LogP contribution < -0.4 is 5.73 Å². The number of nitrogens with zero attached hydrogens (tertiary/aromatic N) is 3. The lowest BCUT2D eigenvalue weighted by Gasteiger charge is -2.21. The molecule has 0 aliphatic carbocycles. The van der Waals surface area contributed by atoms with Gasteiger partial charge >= 0.3 is 5.97 Å². The molecule has 0 aliphatic heterocycles. The second kappa shape index (κ2) is 5.17. The zero-order valence-electron chi connectivity index (χ0n) is 9.58. The van der Waals surface area contributed by atoms with Gasteiger partial charge in [0.15, 0.2) is 5.16 Å². The van der Waals surface area contributed by atoms with Crippen LogP contribution in [-0.4, -0.2) is 37.5 Å². The standard InChI is InChI=1S/C9H14N4O3S/c1-9(2,7(10)16)4-13-5-11-12-8(13)17-3-6(14)15/h5H,3-4H2,1-2H3,(H2,10,16)(H,14,15). The third-order valence-corrected chi connectivity index (χ3v) is 3.10. The molecule has 0 saturated carbocycles. The van der Waals surface area contributed by atoms with Crippen LogP contribution in [-0.2, 0) is 16.1 Å². The van der Waals surface area contributed by atoms with Gasteiger partial charge in [0.05, 0.1) is 11.2 Å². The fourth-order valence-electron chi connectivity index (χ4n) is 1.09. The first-order valence-electron chi connectivity index (χ1n) is 4.85. The highest BCUT2D eigenvalue weighted by Gasteiger charge is 2.26. The van der Waals surface area contributed by atoms with Crippen LogP contribution >= 0.6 is 11.8 Å². The summed E-state index contributed by atoms with van der Waals surface area (Å²) >= 11 is 1.05. The van der Waals surface area contributed by atoms with Gasteiger partial charge in [-0.3, -0.25) is 9.59 Å². The van der Waals surface area contributed by atoms with E-state index < -0.39 is 17.3 Å². The Morgan fingerprint density at radius 3 is 2.76 bits per heavy atom. The molecule has 3 N–H and O–H groups in total. The first kappa shape index (κ1) is 13.5. The van der Waals surface area contributed by atoms with Crippen molar-refractivity contribution in [1.82, 2.24) is 14.8 Å². The number of carboxylic acids is 1. The van der Waals surface area contributed by atoms with Crippen molar-refractivity contribution >= 4 is 23.6 Å². The molecule has 1 rings (SSSR count). The number of carbonyl (C=O) groups excluding carboxylic acids is 1. The molecule has 1 aromatic heterocycles. The van der Waals surface area contributed by atoms with Gasteiger partial charge in [-0.2, -0.15) is 0 Å². The summed E-state index contributed by atoms with van der Waals surface area (Å²) < 4.78 is 1.62. The van der Waals surface area contributed by atoms with Crippen molar-refractivity contribution in [3.63, 3.8) is 0 Å². The Balaban J connectivity index is 2.75. The van der Waals surface area contributed by atoms with Gasteiger partial charge in [0.1, 0.15) is 6.33 Å². The molecule has 0 spiro atoms. The minimum absolute atomic E-state index is 0.101. The summed E-state index contributed by atoms with van der Waals surface area (Å²) in [5, 5.41) is 16.5. The highest BCUT2D eigenvalue weighted by Crippen LogP contribution is 2.21. The van der Waals surface area contributed by atoms with E-state index >= 15 is 0 Å². The number of primary amides is 1. The minimum atomic E-state index is -0.932. The number of aliphatic carboxylic acids is 1. The van der Waals surface area contributed by atoms with Crippen molar-refractivity contribution in [3.8, 4) is 0 Å². The second-order valence-electron chi connectivity index (χ2n) is 4.17. The first-order valence-corrected chi connectivity index (χ1v) is 5.84. The van der Waals surface area contributed by atoms with Crippen molar-refractivity contribution in [1.29, 1.82) is 0 Å². The van der Waals surface area contributed by atoms with Gasteiger partial charge in [-0.25, -0.2) is 0 Å². The van der Waals surface area contributed by atoms with E-state index in [1.54, 1.807) is 18.4 Å². The van der Waals surface area contributed by atoms with Gasteiger partial charge in [0.25, 0.3) is 0 Å². The molecule has 7 nitrogen and oxygen atoms in total. The summed E-state index contributed by atoms with van der Waals surface area (Å²) in [7, 11) is 0. The van der Waals surface area contributed by atoms with Crippen LogP contribution in [0.15, 0.2) is 11.5 Å². The molecule has 1 amide bonds. The van der Waals surface area contributed by atoms with Crippen molar-refractivity contribution in [2.75, 3.05) is 5.75 Å². The quantitative estimate of drug-likeness (QED) is 0.693. The van der Waals surface area contributed by atoms with E-state index in [4.69, 9.17) is 10.8 Å². The average Bonchev–Trinajstić information content (AvgIpc) is 2.61. The summed E-state index contributed by atoms with van der Waals surface area (Å²) in [6.07, 6.45) is 1.45. The number of hydrogen-bond acceptors (Lipinski definition) is 5. The molecule has 8 heteroatoms. The molecule has 0 aromatic carbocycles. The predicted molar refractivity (Wildman–Crippen MR) is 61.4 cm³/mol. The Morgan fingerprint density at radius 1 is 1.59 bits per heavy atom. The van der Waals surface area contributed by atoms with Crippen molar-refractivity contribution in [2.24, 2.45) is 11.1 Å². The SMILES string of the molecule is CC(C)(Cn1cnnc1SCC(=O)O)C(N)=O. The Kier molecular flexibility index (Phi) is 4.11. The smallest absolute Gasteiger partial charge is 0.313 e. The van der Waals surface area contributed by atoms with Gasteiger partial charge < -0.3 is 15.4 Å². The number of nitrogens with two attached hydrogens (primary N) is 1. The Hall–Kier alpha value is -1.57. The number of thioether (sulfide) groups is 1. The highest BCUT2D eigenvalue weighted by atomic mass is 32.2. The maximum Gasteiger partial charge on any atom is 0.313 e. The molecule has 17 heavy (non-hydrogen) atoms. The van der Waals surface area contributed by atoms with E-state index in [-0.39, 0.29) is 5.75 Å². The third kappa shape index (κ3) is 3.74. The molecule has 0 bridgehead atoms. The van der Waals surface area contributed by atoms with E-state index in [0.717, 1.165) is 11.8 Å². The van der Waals surface area contributed by atoms with Crippen LogP contribution in [0.5, 0.6) is 0 Å².